The van der Waals surface area contributed by atoms with Gasteiger partial charge in [-0.2, -0.15) is 5.10 Å². The number of pyridine rings is 1. The highest BCUT2D eigenvalue weighted by molar-refractivity contribution is 5.76. The van der Waals surface area contributed by atoms with E-state index in [4.69, 9.17) is 0 Å². The molecule has 134 valence electrons. The van der Waals surface area contributed by atoms with Crippen LogP contribution >= 0.6 is 0 Å². The molecule has 25 heavy (non-hydrogen) atoms. The van der Waals surface area contributed by atoms with Gasteiger partial charge in [-0.05, 0) is 37.5 Å². The van der Waals surface area contributed by atoms with Crippen molar-refractivity contribution >= 4 is 11.7 Å². The quantitative estimate of drug-likeness (QED) is 0.814. The van der Waals surface area contributed by atoms with E-state index in [9.17, 15) is 9.90 Å². The number of rotatable bonds is 6. The van der Waals surface area contributed by atoms with E-state index < -0.39 is 5.60 Å². The molecule has 0 aliphatic carbocycles. The molecule has 1 saturated heterocycles. The first-order chi connectivity index (χ1) is 12.1. The van der Waals surface area contributed by atoms with Crippen LogP contribution in [0.15, 0.2) is 36.7 Å². The number of nitrogens with zero attached hydrogens (tertiary/aromatic N) is 4. The van der Waals surface area contributed by atoms with Crippen molar-refractivity contribution in [3.8, 4) is 0 Å². The third-order valence-electron chi connectivity index (χ3n) is 4.67. The number of hydrogen-bond donors (Lipinski definition) is 2. The summed E-state index contributed by atoms with van der Waals surface area (Å²) in [5, 5.41) is 17.8. The van der Waals surface area contributed by atoms with Crippen molar-refractivity contribution < 1.29 is 9.90 Å². The molecule has 0 aromatic carbocycles. The van der Waals surface area contributed by atoms with E-state index in [0.29, 0.717) is 25.8 Å². The normalized spacial score (nSPS) is 20.5. The highest BCUT2D eigenvalue weighted by Crippen LogP contribution is 2.24. The van der Waals surface area contributed by atoms with Gasteiger partial charge in [-0.25, -0.2) is 4.98 Å². The summed E-state index contributed by atoms with van der Waals surface area (Å²) in [5.41, 5.74) is 0.102. The van der Waals surface area contributed by atoms with Crippen LogP contribution < -0.4 is 10.2 Å². The van der Waals surface area contributed by atoms with E-state index in [-0.39, 0.29) is 12.5 Å². The summed E-state index contributed by atoms with van der Waals surface area (Å²) in [6.07, 6.45) is 6.06. The van der Waals surface area contributed by atoms with Gasteiger partial charge in [0.05, 0.1) is 5.60 Å². The number of aromatic nitrogens is 3. The number of hydrogen-bond acceptors (Lipinski definition) is 5. The van der Waals surface area contributed by atoms with E-state index in [1.807, 2.05) is 31.3 Å². The van der Waals surface area contributed by atoms with Gasteiger partial charge in [0, 0.05) is 51.2 Å². The van der Waals surface area contributed by atoms with Gasteiger partial charge in [0.2, 0.25) is 5.91 Å². The van der Waals surface area contributed by atoms with Crippen molar-refractivity contribution in [2.75, 3.05) is 24.5 Å². The molecule has 3 heterocycles. The molecule has 1 aliphatic heterocycles. The topological polar surface area (TPSA) is 83.3 Å². The third kappa shape index (κ3) is 4.57. The largest absolute Gasteiger partial charge is 0.386 e. The molecule has 0 radical (unpaired) electrons. The standard InChI is InChI=1S/C18H25N5O2/c1-22-15(8-11-21-22)6-7-17(24)20-13-18(25)9-4-12-23(14-18)16-5-2-3-10-19-16/h2-3,5,8,10-11,25H,4,6-7,9,12-14H2,1H3,(H,20,24). The molecule has 3 rings (SSSR count). The summed E-state index contributed by atoms with van der Waals surface area (Å²) in [7, 11) is 1.87. The maximum absolute atomic E-state index is 12.1. The molecular formula is C18H25N5O2. The highest BCUT2D eigenvalue weighted by Gasteiger charge is 2.34. The van der Waals surface area contributed by atoms with Crippen LogP contribution in [0.2, 0.25) is 0 Å². The summed E-state index contributed by atoms with van der Waals surface area (Å²) < 4.78 is 1.77. The van der Waals surface area contributed by atoms with Crippen LogP contribution in [0.25, 0.3) is 0 Å². The number of piperidine rings is 1. The number of aliphatic hydroxyl groups is 1. The molecule has 1 atom stereocenters. The third-order valence-corrected chi connectivity index (χ3v) is 4.67. The highest BCUT2D eigenvalue weighted by atomic mass is 16.3. The average Bonchev–Trinajstić information content (AvgIpc) is 3.04. The minimum absolute atomic E-state index is 0.0513. The lowest BCUT2D eigenvalue weighted by Gasteiger charge is -2.39. The molecule has 0 saturated carbocycles. The predicted octanol–water partition coefficient (Wildman–Crippen LogP) is 0.895. The lowest BCUT2D eigenvalue weighted by Crippen LogP contribution is -2.54. The fraction of sp³-hybridized carbons (Fsp3) is 0.500. The van der Waals surface area contributed by atoms with Crippen molar-refractivity contribution in [1.82, 2.24) is 20.1 Å². The Labute approximate surface area is 147 Å². The van der Waals surface area contributed by atoms with Crippen LogP contribution in [-0.2, 0) is 18.3 Å². The molecule has 2 aromatic heterocycles. The summed E-state index contributed by atoms with van der Waals surface area (Å²) >= 11 is 0. The molecule has 0 spiro atoms. The van der Waals surface area contributed by atoms with Gasteiger partial charge in [-0.15, -0.1) is 0 Å². The van der Waals surface area contributed by atoms with E-state index in [0.717, 1.165) is 24.5 Å². The van der Waals surface area contributed by atoms with E-state index >= 15 is 0 Å². The Morgan fingerprint density at radius 3 is 2.96 bits per heavy atom. The molecule has 0 bridgehead atoms. The van der Waals surface area contributed by atoms with Gasteiger partial charge in [-0.3, -0.25) is 9.48 Å². The number of nitrogens with one attached hydrogen (secondary N) is 1. The van der Waals surface area contributed by atoms with Gasteiger partial charge in [0.25, 0.3) is 0 Å². The minimum atomic E-state index is -0.919. The van der Waals surface area contributed by atoms with Crippen LogP contribution in [0.3, 0.4) is 0 Å². The predicted molar refractivity (Wildman–Crippen MR) is 95.2 cm³/mol. The zero-order valence-corrected chi connectivity index (χ0v) is 14.6. The monoisotopic (exact) mass is 343 g/mol. The molecular weight excluding hydrogens is 318 g/mol. The number of amides is 1. The molecule has 7 nitrogen and oxygen atoms in total. The molecule has 1 aliphatic rings. The van der Waals surface area contributed by atoms with Gasteiger partial charge in [-0.1, -0.05) is 6.07 Å². The number of aryl methyl sites for hydroxylation is 2. The SMILES string of the molecule is Cn1nccc1CCC(=O)NCC1(O)CCCN(c2ccccn2)C1. The number of carbonyl (C=O) groups is 1. The molecule has 1 fully saturated rings. The molecule has 1 amide bonds. The second kappa shape index (κ2) is 7.65. The van der Waals surface area contributed by atoms with Crippen LogP contribution in [0.4, 0.5) is 5.82 Å². The molecule has 1 unspecified atom stereocenters. The Hall–Kier alpha value is -2.41. The van der Waals surface area contributed by atoms with Crippen LogP contribution in [0.5, 0.6) is 0 Å². The summed E-state index contributed by atoms with van der Waals surface area (Å²) in [6, 6.07) is 7.67. The van der Waals surface area contributed by atoms with Crippen molar-refractivity contribution in [1.29, 1.82) is 0 Å². The van der Waals surface area contributed by atoms with Crippen molar-refractivity contribution in [3.63, 3.8) is 0 Å². The number of anilines is 1. The van der Waals surface area contributed by atoms with Crippen molar-refractivity contribution in [3.05, 3.63) is 42.4 Å². The summed E-state index contributed by atoms with van der Waals surface area (Å²) in [4.78, 5) is 18.5. The Balaban J connectivity index is 1.49. The number of β-amino-alcohol motifs (C(OH)–C–C–N with tert-alkyl or cyclic N) is 1. The van der Waals surface area contributed by atoms with Gasteiger partial charge >= 0.3 is 0 Å². The van der Waals surface area contributed by atoms with E-state index in [1.165, 1.54) is 0 Å². The van der Waals surface area contributed by atoms with Crippen LogP contribution in [0, 0.1) is 0 Å². The Morgan fingerprint density at radius 1 is 1.36 bits per heavy atom. The van der Waals surface area contributed by atoms with Crippen molar-refractivity contribution in [2.24, 2.45) is 7.05 Å². The summed E-state index contributed by atoms with van der Waals surface area (Å²) in [6.45, 7) is 1.61. The minimum Gasteiger partial charge on any atom is -0.386 e. The van der Waals surface area contributed by atoms with E-state index in [1.54, 1.807) is 17.1 Å². The molecule has 2 N–H and O–H groups in total. The van der Waals surface area contributed by atoms with Crippen LogP contribution in [0.1, 0.15) is 25.0 Å². The average molecular weight is 343 g/mol. The fourth-order valence-corrected chi connectivity index (χ4v) is 3.23. The van der Waals surface area contributed by atoms with Crippen LogP contribution in [-0.4, -0.2) is 51.0 Å². The number of carbonyl (C=O) groups excluding carboxylic acids is 1. The zero-order chi connectivity index (χ0) is 17.7. The van der Waals surface area contributed by atoms with Crippen molar-refractivity contribution in [2.45, 2.75) is 31.3 Å². The second-order valence-electron chi connectivity index (χ2n) is 6.66. The zero-order valence-electron chi connectivity index (χ0n) is 14.6. The van der Waals surface area contributed by atoms with Gasteiger partial charge in [0.15, 0.2) is 0 Å². The van der Waals surface area contributed by atoms with E-state index in [2.05, 4.69) is 20.3 Å². The lowest BCUT2D eigenvalue weighted by atomic mass is 9.92. The van der Waals surface area contributed by atoms with Gasteiger partial charge in [0.1, 0.15) is 5.82 Å². The second-order valence-corrected chi connectivity index (χ2v) is 6.66. The van der Waals surface area contributed by atoms with Gasteiger partial charge < -0.3 is 15.3 Å². The maximum atomic E-state index is 12.1. The fourth-order valence-electron chi connectivity index (χ4n) is 3.23. The first kappa shape index (κ1) is 17.4. The first-order valence-electron chi connectivity index (χ1n) is 8.68. The Kier molecular flexibility index (Phi) is 5.33. The first-order valence-corrected chi connectivity index (χ1v) is 8.68. The Bertz CT molecular complexity index is 703. The lowest BCUT2D eigenvalue weighted by molar-refractivity contribution is -0.122. The Morgan fingerprint density at radius 2 is 2.24 bits per heavy atom. The molecule has 2 aromatic rings. The molecule has 7 heteroatoms. The summed E-state index contributed by atoms with van der Waals surface area (Å²) in [5.74, 6) is 0.813. The smallest absolute Gasteiger partial charge is 0.220 e. The maximum Gasteiger partial charge on any atom is 0.220 e.